The second-order valence-corrected chi connectivity index (χ2v) is 8.93. The Kier molecular flexibility index (Phi) is 8.17. The molecule has 0 saturated heterocycles. The van der Waals surface area contributed by atoms with Crippen molar-refractivity contribution in [3.8, 4) is 23.3 Å². The van der Waals surface area contributed by atoms with Crippen LogP contribution in [-0.2, 0) is 10.0 Å². The van der Waals surface area contributed by atoms with Crippen LogP contribution in [0.15, 0.2) is 83.9 Å². The SMILES string of the molecule is CCC#CCOc1cc(OC)ccc1/C(=C/NS(=O)(=O)c1ccc(C)cc1)c1ccccc1. The lowest BCUT2D eigenvalue weighted by Crippen LogP contribution is -2.18. The molecule has 0 aliphatic rings. The number of benzene rings is 3. The summed E-state index contributed by atoms with van der Waals surface area (Å²) in [5.74, 6) is 7.12. The Morgan fingerprint density at radius 2 is 1.73 bits per heavy atom. The minimum Gasteiger partial charge on any atom is -0.497 e. The van der Waals surface area contributed by atoms with Gasteiger partial charge in [0.05, 0.1) is 12.0 Å². The van der Waals surface area contributed by atoms with Crippen molar-refractivity contribution in [2.45, 2.75) is 25.2 Å². The average Bonchev–Trinajstić information content (AvgIpc) is 2.83. The molecule has 3 aromatic rings. The van der Waals surface area contributed by atoms with Gasteiger partial charge in [0.15, 0.2) is 0 Å². The van der Waals surface area contributed by atoms with Crippen LogP contribution < -0.4 is 14.2 Å². The lowest BCUT2D eigenvalue weighted by Gasteiger charge is -2.16. The van der Waals surface area contributed by atoms with E-state index in [-0.39, 0.29) is 11.5 Å². The molecule has 3 rings (SSSR count). The van der Waals surface area contributed by atoms with Crippen LogP contribution in [0.3, 0.4) is 0 Å². The van der Waals surface area contributed by atoms with Gasteiger partial charge in [-0.25, -0.2) is 8.42 Å². The smallest absolute Gasteiger partial charge is 0.261 e. The molecule has 0 saturated carbocycles. The van der Waals surface area contributed by atoms with E-state index in [1.165, 1.54) is 6.20 Å². The number of methoxy groups -OCH3 is 1. The van der Waals surface area contributed by atoms with Crippen molar-refractivity contribution in [3.05, 3.63) is 95.7 Å². The third-order valence-electron chi connectivity index (χ3n) is 4.86. The molecule has 5 nitrogen and oxygen atoms in total. The molecule has 6 heteroatoms. The average molecular weight is 462 g/mol. The summed E-state index contributed by atoms with van der Waals surface area (Å²) < 4.78 is 39.7. The maximum Gasteiger partial charge on any atom is 0.261 e. The topological polar surface area (TPSA) is 64.6 Å². The minimum absolute atomic E-state index is 0.192. The third kappa shape index (κ3) is 6.41. The second-order valence-electron chi connectivity index (χ2n) is 7.22. The Morgan fingerprint density at radius 1 is 1.00 bits per heavy atom. The van der Waals surface area contributed by atoms with Crippen LogP contribution in [0, 0.1) is 18.8 Å². The fourth-order valence-corrected chi connectivity index (χ4v) is 4.02. The van der Waals surface area contributed by atoms with Gasteiger partial charge in [-0.2, -0.15) is 0 Å². The predicted molar refractivity (Wildman–Crippen MR) is 132 cm³/mol. The Labute approximate surface area is 196 Å². The van der Waals surface area contributed by atoms with Crippen molar-refractivity contribution in [1.82, 2.24) is 4.72 Å². The first-order chi connectivity index (χ1) is 15.9. The van der Waals surface area contributed by atoms with Crippen molar-refractivity contribution in [3.63, 3.8) is 0 Å². The van der Waals surface area contributed by atoms with Gasteiger partial charge in [-0.1, -0.05) is 60.9 Å². The highest BCUT2D eigenvalue weighted by molar-refractivity contribution is 7.89. The molecular formula is C27H27NO4S. The summed E-state index contributed by atoms with van der Waals surface area (Å²) in [4.78, 5) is 0.192. The summed E-state index contributed by atoms with van der Waals surface area (Å²) >= 11 is 0. The Bertz CT molecular complexity index is 1270. The quantitative estimate of drug-likeness (QED) is 0.471. The zero-order valence-corrected chi connectivity index (χ0v) is 19.8. The number of ether oxygens (including phenoxy) is 2. The molecule has 0 bridgehead atoms. The van der Waals surface area contributed by atoms with Gasteiger partial charge in [0, 0.05) is 29.8 Å². The highest BCUT2D eigenvalue weighted by Gasteiger charge is 2.16. The summed E-state index contributed by atoms with van der Waals surface area (Å²) in [5, 5.41) is 0. The van der Waals surface area contributed by atoms with Crippen LogP contribution in [0.5, 0.6) is 11.5 Å². The zero-order chi connectivity index (χ0) is 23.7. The molecule has 0 atom stereocenters. The largest absolute Gasteiger partial charge is 0.497 e. The van der Waals surface area contributed by atoms with Crippen molar-refractivity contribution in [2.24, 2.45) is 0 Å². The molecule has 0 aromatic heterocycles. The number of sulfonamides is 1. The van der Waals surface area contributed by atoms with Crippen LogP contribution in [0.4, 0.5) is 0 Å². The van der Waals surface area contributed by atoms with E-state index >= 15 is 0 Å². The van der Waals surface area contributed by atoms with Crippen LogP contribution >= 0.6 is 0 Å². The third-order valence-corrected chi connectivity index (χ3v) is 6.18. The van der Waals surface area contributed by atoms with Gasteiger partial charge in [0.2, 0.25) is 0 Å². The zero-order valence-electron chi connectivity index (χ0n) is 19.0. The number of rotatable bonds is 8. The first kappa shape index (κ1) is 24.0. The molecule has 1 N–H and O–H groups in total. The van der Waals surface area contributed by atoms with Gasteiger partial charge < -0.3 is 9.47 Å². The predicted octanol–water partition coefficient (Wildman–Crippen LogP) is 5.16. The molecule has 0 aliphatic carbocycles. The summed E-state index contributed by atoms with van der Waals surface area (Å²) in [6.07, 6.45) is 2.24. The molecule has 3 aromatic carbocycles. The van der Waals surface area contributed by atoms with Gasteiger partial charge in [0.25, 0.3) is 10.0 Å². The van der Waals surface area contributed by atoms with E-state index < -0.39 is 10.0 Å². The molecule has 0 fully saturated rings. The fourth-order valence-electron chi connectivity index (χ4n) is 3.12. The van der Waals surface area contributed by atoms with Gasteiger partial charge in [-0.15, -0.1) is 5.92 Å². The van der Waals surface area contributed by atoms with E-state index in [0.29, 0.717) is 22.6 Å². The van der Waals surface area contributed by atoms with E-state index in [2.05, 4.69) is 16.6 Å². The molecule has 33 heavy (non-hydrogen) atoms. The Balaban J connectivity index is 2.05. The number of nitrogens with one attached hydrogen (secondary N) is 1. The van der Waals surface area contributed by atoms with Gasteiger partial charge >= 0.3 is 0 Å². The molecule has 0 amide bonds. The highest BCUT2D eigenvalue weighted by atomic mass is 32.2. The van der Waals surface area contributed by atoms with Crippen LogP contribution in [0.25, 0.3) is 5.57 Å². The van der Waals surface area contributed by atoms with E-state index in [1.807, 2.05) is 56.3 Å². The first-order valence-corrected chi connectivity index (χ1v) is 12.0. The molecule has 0 radical (unpaired) electrons. The second kappa shape index (κ2) is 11.3. The molecule has 0 heterocycles. The van der Waals surface area contributed by atoms with E-state index in [4.69, 9.17) is 9.47 Å². The monoisotopic (exact) mass is 461 g/mol. The van der Waals surface area contributed by atoms with Crippen molar-refractivity contribution < 1.29 is 17.9 Å². The highest BCUT2D eigenvalue weighted by Crippen LogP contribution is 2.34. The summed E-state index contributed by atoms with van der Waals surface area (Å²) in [6, 6.07) is 21.7. The minimum atomic E-state index is -3.75. The molecule has 170 valence electrons. The van der Waals surface area contributed by atoms with Crippen molar-refractivity contribution in [2.75, 3.05) is 13.7 Å². The molecule has 0 spiro atoms. The Hall–Kier alpha value is -3.69. The van der Waals surface area contributed by atoms with Crippen LogP contribution in [0.1, 0.15) is 30.0 Å². The number of hydrogen-bond donors (Lipinski definition) is 1. The molecular weight excluding hydrogens is 434 g/mol. The summed E-state index contributed by atoms with van der Waals surface area (Å²) in [6.45, 7) is 4.10. The standard InChI is InChI=1S/C27H27NO4S/c1-4-5-9-18-32-27-19-23(31-3)14-17-25(27)26(22-10-7-6-8-11-22)20-28-33(29,30)24-15-12-21(2)13-16-24/h6-8,10-17,19-20,28H,4,18H2,1-3H3/b26-20+. The van der Waals surface area contributed by atoms with E-state index in [0.717, 1.165) is 17.5 Å². The first-order valence-electron chi connectivity index (χ1n) is 10.6. The Morgan fingerprint density at radius 3 is 2.39 bits per heavy atom. The van der Waals surface area contributed by atoms with E-state index in [9.17, 15) is 8.42 Å². The molecule has 0 unspecified atom stereocenters. The molecule has 0 aliphatic heterocycles. The van der Waals surface area contributed by atoms with Crippen LogP contribution in [-0.4, -0.2) is 22.1 Å². The lowest BCUT2D eigenvalue weighted by molar-refractivity contribution is 0.362. The van der Waals surface area contributed by atoms with Gasteiger partial charge in [-0.05, 0) is 36.8 Å². The van der Waals surface area contributed by atoms with Gasteiger partial charge in [0.1, 0.15) is 18.1 Å². The summed E-state index contributed by atoms with van der Waals surface area (Å²) in [7, 11) is -2.17. The van der Waals surface area contributed by atoms with Crippen LogP contribution in [0.2, 0.25) is 0 Å². The number of aryl methyl sites for hydroxylation is 1. The fraction of sp³-hybridized carbons (Fsp3) is 0.185. The maximum absolute atomic E-state index is 12.9. The number of hydrogen-bond acceptors (Lipinski definition) is 4. The lowest BCUT2D eigenvalue weighted by atomic mass is 9.98. The maximum atomic E-state index is 12.9. The van der Waals surface area contributed by atoms with Gasteiger partial charge in [-0.3, -0.25) is 4.72 Å². The normalized spacial score (nSPS) is 11.3. The van der Waals surface area contributed by atoms with Crippen molar-refractivity contribution in [1.29, 1.82) is 0 Å². The van der Waals surface area contributed by atoms with Crippen molar-refractivity contribution >= 4 is 15.6 Å². The summed E-state index contributed by atoms with van der Waals surface area (Å²) in [5.41, 5.74) is 3.19. The van der Waals surface area contributed by atoms with E-state index in [1.54, 1.807) is 37.4 Å².